The Kier molecular flexibility index (Phi) is 6.43. The number of ether oxygens (including phenoxy) is 1. The van der Waals surface area contributed by atoms with Crippen LogP contribution in [0.1, 0.15) is 48.0 Å². The summed E-state index contributed by atoms with van der Waals surface area (Å²) in [6.07, 6.45) is 9.48. The Bertz CT molecular complexity index is 1450. The average Bonchev–Trinajstić information content (AvgIpc) is 3.16. The van der Waals surface area contributed by atoms with E-state index in [1.165, 1.54) is 23.1 Å². The van der Waals surface area contributed by atoms with Gasteiger partial charge in [-0.3, -0.25) is 4.79 Å². The molecule has 8 nitrogen and oxygen atoms in total. The first kappa shape index (κ1) is 22.6. The molecule has 8 heteroatoms. The van der Waals surface area contributed by atoms with E-state index in [1.54, 1.807) is 13.3 Å². The first-order valence-electron chi connectivity index (χ1n) is 11.8. The van der Waals surface area contributed by atoms with Gasteiger partial charge in [0.15, 0.2) is 5.65 Å². The van der Waals surface area contributed by atoms with E-state index < -0.39 is 0 Å². The summed E-state index contributed by atoms with van der Waals surface area (Å²) < 4.78 is 6.77. The standard InChI is InChI=1S/C27H28N6O2/c1-35-20-11-7-10-19(16-20)17-30-33-25(28)23(27(34)29-15-14-18-8-3-2-4-9-18)24-26(33)32-22-13-6-5-12-21(22)31-24/h5-8,10-13,16-17H,2-4,9,14-15,28H2,1H3,(H,29,34)/b30-17+. The van der Waals surface area contributed by atoms with Gasteiger partial charge >= 0.3 is 0 Å². The highest BCUT2D eigenvalue weighted by atomic mass is 16.5. The molecule has 3 N–H and O–H groups in total. The Balaban J connectivity index is 1.51. The molecular weight excluding hydrogens is 440 g/mol. The predicted octanol–water partition coefficient (Wildman–Crippen LogP) is 4.68. The summed E-state index contributed by atoms with van der Waals surface area (Å²) in [5.41, 5.74) is 11.3. The topological polar surface area (TPSA) is 107 Å². The molecule has 35 heavy (non-hydrogen) atoms. The zero-order valence-electron chi connectivity index (χ0n) is 19.7. The minimum Gasteiger partial charge on any atom is -0.497 e. The van der Waals surface area contributed by atoms with Crippen LogP contribution in [0.15, 0.2) is 65.3 Å². The van der Waals surface area contributed by atoms with Crippen molar-refractivity contribution < 1.29 is 9.53 Å². The van der Waals surface area contributed by atoms with Gasteiger partial charge in [0, 0.05) is 6.54 Å². The maximum Gasteiger partial charge on any atom is 0.257 e. The summed E-state index contributed by atoms with van der Waals surface area (Å²) in [4.78, 5) is 22.7. The lowest BCUT2D eigenvalue weighted by Crippen LogP contribution is -2.25. The maximum absolute atomic E-state index is 13.3. The van der Waals surface area contributed by atoms with Crippen molar-refractivity contribution in [2.75, 3.05) is 19.4 Å². The number of carbonyl (C=O) groups is 1. The van der Waals surface area contributed by atoms with E-state index in [2.05, 4.69) is 16.5 Å². The Morgan fingerprint density at radius 3 is 2.77 bits per heavy atom. The highest BCUT2D eigenvalue weighted by Gasteiger charge is 2.24. The quantitative estimate of drug-likeness (QED) is 0.303. The lowest BCUT2D eigenvalue weighted by Gasteiger charge is -2.12. The van der Waals surface area contributed by atoms with Gasteiger partial charge in [-0.2, -0.15) is 9.78 Å². The third kappa shape index (κ3) is 4.73. The second-order valence-corrected chi connectivity index (χ2v) is 8.59. The highest BCUT2D eigenvalue weighted by molar-refractivity contribution is 6.10. The average molecular weight is 469 g/mol. The van der Waals surface area contributed by atoms with Crippen molar-refractivity contribution in [3.05, 3.63) is 71.3 Å². The van der Waals surface area contributed by atoms with Gasteiger partial charge in [-0.15, -0.1) is 0 Å². The van der Waals surface area contributed by atoms with Crippen LogP contribution in [-0.4, -0.2) is 40.4 Å². The van der Waals surface area contributed by atoms with Crippen LogP contribution >= 0.6 is 0 Å². The normalized spacial score (nSPS) is 13.9. The number of nitrogen functional groups attached to an aromatic ring is 1. The third-order valence-electron chi connectivity index (χ3n) is 6.23. The number of para-hydroxylation sites is 2. The van der Waals surface area contributed by atoms with E-state index >= 15 is 0 Å². The molecule has 178 valence electrons. The molecule has 0 fully saturated rings. The van der Waals surface area contributed by atoms with Gasteiger partial charge in [-0.1, -0.05) is 35.9 Å². The zero-order valence-corrected chi connectivity index (χ0v) is 19.7. The van der Waals surface area contributed by atoms with Crippen molar-refractivity contribution in [2.45, 2.75) is 32.1 Å². The highest BCUT2D eigenvalue weighted by Crippen LogP contribution is 2.28. The van der Waals surface area contributed by atoms with Gasteiger partial charge < -0.3 is 15.8 Å². The molecule has 2 heterocycles. The molecule has 2 aromatic carbocycles. The van der Waals surface area contributed by atoms with Gasteiger partial charge in [0.1, 0.15) is 22.6 Å². The molecule has 0 spiro atoms. The van der Waals surface area contributed by atoms with Crippen LogP contribution < -0.4 is 15.8 Å². The molecule has 4 aromatic rings. The molecule has 0 atom stereocenters. The second kappa shape index (κ2) is 9.97. The third-order valence-corrected chi connectivity index (χ3v) is 6.23. The van der Waals surface area contributed by atoms with Gasteiger partial charge in [-0.25, -0.2) is 9.97 Å². The van der Waals surface area contributed by atoms with Crippen molar-refractivity contribution in [2.24, 2.45) is 5.10 Å². The first-order chi connectivity index (χ1) is 17.1. The SMILES string of the molecule is COc1cccc(/C=N/n2c(N)c(C(=O)NCCC3=CCCCC3)c3nc4ccccc4nc32)c1. The number of fused-ring (bicyclic) bond motifs is 2. The number of nitrogens with zero attached hydrogens (tertiary/aromatic N) is 4. The number of methoxy groups -OCH3 is 1. The number of aromatic nitrogens is 3. The van der Waals surface area contributed by atoms with Crippen molar-refractivity contribution >= 4 is 40.1 Å². The lowest BCUT2D eigenvalue weighted by molar-refractivity contribution is 0.0956. The molecule has 0 bridgehead atoms. The molecule has 0 aliphatic heterocycles. The number of amides is 1. The summed E-state index contributed by atoms with van der Waals surface area (Å²) in [5.74, 6) is 0.644. The van der Waals surface area contributed by atoms with Gasteiger partial charge in [0.25, 0.3) is 5.91 Å². The largest absolute Gasteiger partial charge is 0.497 e. The molecule has 2 aromatic heterocycles. The van der Waals surface area contributed by atoms with E-state index in [9.17, 15) is 4.79 Å². The Morgan fingerprint density at radius 1 is 1.17 bits per heavy atom. The van der Waals surface area contributed by atoms with Crippen LogP contribution in [0.5, 0.6) is 5.75 Å². The Hall–Kier alpha value is -4.20. The maximum atomic E-state index is 13.3. The van der Waals surface area contributed by atoms with Gasteiger partial charge in [0.05, 0.1) is 24.4 Å². The molecule has 0 saturated heterocycles. The second-order valence-electron chi connectivity index (χ2n) is 8.59. The number of hydrogen-bond acceptors (Lipinski definition) is 6. The number of benzene rings is 2. The monoisotopic (exact) mass is 468 g/mol. The van der Waals surface area contributed by atoms with E-state index in [4.69, 9.17) is 20.4 Å². The predicted molar refractivity (Wildman–Crippen MR) is 139 cm³/mol. The number of nitrogens with two attached hydrogens (primary N) is 1. The van der Waals surface area contributed by atoms with Crippen molar-refractivity contribution in [1.82, 2.24) is 20.0 Å². The summed E-state index contributed by atoms with van der Waals surface area (Å²) in [6, 6.07) is 15.0. The number of hydrogen-bond donors (Lipinski definition) is 2. The van der Waals surface area contributed by atoms with E-state index in [0.29, 0.717) is 34.3 Å². The number of rotatable bonds is 7. The minimum absolute atomic E-state index is 0.198. The minimum atomic E-state index is -0.274. The van der Waals surface area contributed by atoms with Gasteiger partial charge in [-0.05, 0) is 61.9 Å². The molecule has 1 aliphatic rings. The lowest BCUT2D eigenvalue weighted by atomic mass is 9.97. The van der Waals surface area contributed by atoms with Gasteiger partial charge in [0.2, 0.25) is 0 Å². The Morgan fingerprint density at radius 2 is 2.00 bits per heavy atom. The molecule has 1 amide bonds. The van der Waals surface area contributed by atoms with Crippen LogP contribution in [0.3, 0.4) is 0 Å². The van der Waals surface area contributed by atoms with Crippen molar-refractivity contribution in [1.29, 1.82) is 0 Å². The Labute approximate surface area is 203 Å². The molecule has 1 aliphatic carbocycles. The fourth-order valence-corrected chi connectivity index (χ4v) is 4.39. The van der Waals surface area contributed by atoms with E-state index in [0.717, 1.165) is 30.6 Å². The molecular formula is C27H28N6O2. The number of nitrogens with one attached hydrogen (secondary N) is 1. The number of carbonyl (C=O) groups excluding carboxylic acids is 1. The fourth-order valence-electron chi connectivity index (χ4n) is 4.39. The molecule has 0 radical (unpaired) electrons. The van der Waals surface area contributed by atoms with Crippen LogP contribution in [0.4, 0.5) is 5.82 Å². The summed E-state index contributed by atoms with van der Waals surface area (Å²) in [5, 5.41) is 7.58. The number of anilines is 1. The van der Waals surface area contributed by atoms with Crippen LogP contribution in [-0.2, 0) is 0 Å². The van der Waals surface area contributed by atoms with E-state index in [-0.39, 0.29) is 11.7 Å². The number of allylic oxidation sites excluding steroid dienone is 1. The summed E-state index contributed by atoms with van der Waals surface area (Å²) >= 11 is 0. The van der Waals surface area contributed by atoms with Crippen molar-refractivity contribution in [3.63, 3.8) is 0 Å². The molecule has 0 unspecified atom stereocenters. The molecule has 0 saturated carbocycles. The van der Waals surface area contributed by atoms with Crippen LogP contribution in [0.25, 0.3) is 22.2 Å². The fraction of sp³-hybridized carbons (Fsp3) is 0.259. The molecule has 5 rings (SSSR count). The van der Waals surface area contributed by atoms with Crippen LogP contribution in [0, 0.1) is 0 Å². The summed E-state index contributed by atoms with van der Waals surface area (Å²) in [6.45, 7) is 0.546. The first-order valence-corrected chi connectivity index (χ1v) is 11.8. The van der Waals surface area contributed by atoms with Crippen molar-refractivity contribution in [3.8, 4) is 5.75 Å². The zero-order chi connectivity index (χ0) is 24.2. The smallest absolute Gasteiger partial charge is 0.257 e. The summed E-state index contributed by atoms with van der Waals surface area (Å²) in [7, 11) is 1.62. The van der Waals surface area contributed by atoms with Crippen LogP contribution in [0.2, 0.25) is 0 Å². The van der Waals surface area contributed by atoms with E-state index in [1.807, 2.05) is 48.5 Å².